The Morgan fingerprint density at radius 3 is 2.34 bits per heavy atom. The molecule has 5 nitrogen and oxygen atoms in total. The molecular weight excluding hydrogens is 389 g/mol. The van der Waals surface area contributed by atoms with Gasteiger partial charge in [-0.05, 0) is 38.1 Å². The number of carbonyl (C=O) groups excluding carboxylic acids is 2. The zero-order valence-corrected chi connectivity index (χ0v) is 17.1. The van der Waals surface area contributed by atoms with Crippen LogP contribution in [0.2, 0.25) is 0 Å². The first-order valence-corrected chi connectivity index (χ1v) is 10.0. The summed E-state index contributed by atoms with van der Waals surface area (Å²) in [7, 11) is 0. The van der Waals surface area contributed by atoms with Crippen LogP contribution in [-0.4, -0.2) is 23.3 Å². The minimum atomic E-state index is -0.501. The molecule has 1 heterocycles. The van der Waals surface area contributed by atoms with Gasteiger partial charge in [-0.2, -0.15) is 0 Å². The number of hydrogen-bond donors (Lipinski definition) is 1. The van der Waals surface area contributed by atoms with E-state index in [0.29, 0.717) is 5.69 Å². The monoisotopic (exact) mass is 411 g/mol. The molecule has 2 amide bonds. The van der Waals surface area contributed by atoms with Crippen molar-refractivity contribution < 1.29 is 14.0 Å². The lowest BCUT2D eigenvalue weighted by Crippen LogP contribution is -2.35. The maximum Gasteiger partial charge on any atom is 0.232 e. The van der Waals surface area contributed by atoms with Gasteiger partial charge >= 0.3 is 0 Å². The van der Waals surface area contributed by atoms with Crippen LogP contribution in [0.25, 0.3) is 11.3 Å². The molecule has 0 spiro atoms. The van der Waals surface area contributed by atoms with E-state index in [1.807, 2.05) is 38.1 Å². The average molecular weight is 412 g/mol. The van der Waals surface area contributed by atoms with Gasteiger partial charge in [0.05, 0.1) is 17.1 Å². The van der Waals surface area contributed by atoms with Crippen molar-refractivity contribution in [1.29, 1.82) is 0 Å². The predicted octanol–water partition coefficient (Wildman–Crippen LogP) is 4.02. The Labute approximate surface area is 173 Å². The largest absolute Gasteiger partial charge is 0.370 e. The first-order valence-electron chi connectivity index (χ1n) is 9.21. The van der Waals surface area contributed by atoms with E-state index in [-0.39, 0.29) is 25.3 Å². The predicted molar refractivity (Wildman–Crippen MR) is 113 cm³/mol. The van der Waals surface area contributed by atoms with Gasteiger partial charge < -0.3 is 10.6 Å². The summed E-state index contributed by atoms with van der Waals surface area (Å²) in [5.74, 6) is -1.09. The molecule has 0 aliphatic rings. The normalized spacial score (nSPS) is 10.7. The molecule has 0 saturated carbocycles. The third-order valence-electron chi connectivity index (χ3n) is 4.46. The Morgan fingerprint density at radius 1 is 1.07 bits per heavy atom. The number of aryl methyl sites for hydroxylation is 2. The molecule has 0 bridgehead atoms. The van der Waals surface area contributed by atoms with Crippen LogP contribution >= 0.6 is 11.3 Å². The molecular formula is C22H22FN3O2S. The van der Waals surface area contributed by atoms with Crippen molar-refractivity contribution in [3.05, 3.63) is 69.8 Å². The molecule has 2 aromatic carbocycles. The molecule has 0 aliphatic carbocycles. The Balaban J connectivity index is 1.88. The van der Waals surface area contributed by atoms with E-state index >= 15 is 0 Å². The lowest BCUT2D eigenvalue weighted by atomic mass is 10.1. The highest BCUT2D eigenvalue weighted by Crippen LogP contribution is 2.29. The Morgan fingerprint density at radius 2 is 1.72 bits per heavy atom. The summed E-state index contributed by atoms with van der Waals surface area (Å²) in [4.78, 5) is 31.3. The molecule has 0 saturated heterocycles. The van der Waals surface area contributed by atoms with Gasteiger partial charge in [-0.25, -0.2) is 9.37 Å². The Bertz CT molecular complexity index is 1010. The van der Waals surface area contributed by atoms with E-state index < -0.39 is 11.7 Å². The Kier molecular flexibility index (Phi) is 6.39. The molecule has 29 heavy (non-hydrogen) atoms. The summed E-state index contributed by atoms with van der Waals surface area (Å²) in [6.07, 6.45) is 0.153. The van der Waals surface area contributed by atoms with Crippen LogP contribution in [0.3, 0.4) is 0 Å². The van der Waals surface area contributed by atoms with Crippen molar-refractivity contribution in [2.45, 2.75) is 26.7 Å². The molecule has 0 atom stereocenters. The van der Waals surface area contributed by atoms with Crippen molar-refractivity contribution in [3.8, 4) is 11.3 Å². The summed E-state index contributed by atoms with van der Waals surface area (Å²) >= 11 is 1.47. The van der Waals surface area contributed by atoms with Gasteiger partial charge in [0, 0.05) is 29.1 Å². The van der Waals surface area contributed by atoms with Crippen LogP contribution in [0.5, 0.6) is 0 Å². The molecule has 0 radical (unpaired) electrons. The van der Waals surface area contributed by atoms with E-state index in [1.54, 1.807) is 0 Å². The second-order valence-corrected chi connectivity index (χ2v) is 8.07. The molecule has 2 N–H and O–H groups in total. The fourth-order valence-corrected chi connectivity index (χ4v) is 3.95. The van der Waals surface area contributed by atoms with Gasteiger partial charge in [-0.1, -0.05) is 29.8 Å². The van der Waals surface area contributed by atoms with Gasteiger partial charge in [-0.3, -0.25) is 9.59 Å². The number of halogens is 1. The number of benzene rings is 2. The second-order valence-electron chi connectivity index (χ2n) is 6.79. The summed E-state index contributed by atoms with van der Waals surface area (Å²) in [6.45, 7) is 4.05. The van der Waals surface area contributed by atoms with Crippen molar-refractivity contribution in [1.82, 2.24) is 4.98 Å². The molecule has 3 aromatic rings. The number of rotatable bonds is 7. The Hall–Kier alpha value is -3.06. The van der Waals surface area contributed by atoms with Crippen LogP contribution < -0.4 is 10.6 Å². The molecule has 0 aliphatic heterocycles. The lowest BCUT2D eigenvalue weighted by Gasteiger charge is -2.22. The first kappa shape index (κ1) is 20.7. The highest BCUT2D eigenvalue weighted by atomic mass is 32.1. The number of thiazole rings is 1. The fraction of sp³-hybridized carbons (Fsp3) is 0.227. The zero-order valence-electron chi connectivity index (χ0n) is 16.3. The number of hydrogen-bond acceptors (Lipinski definition) is 4. The minimum absolute atomic E-state index is 0.0235. The molecule has 7 heteroatoms. The van der Waals surface area contributed by atoms with Crippen LogP contribution in [-0.2, 0) is 16.0 Å². The average Bonchev–Trinajstić information content (AvgIpc) is 3.03. The van der Waals surface area contributed by atoms with Gasteiger partial charge in [0.1, 0.15) is 5.82 Å². The van der Waals surface area contributed by atoms with Crippen LogP contribution in [0.1, 0.15) is 21.9 Å². The summed E-state index contributed by atoms with van der Waals surface area (Å²) in [6, 6.07) is 13.6. The van der Waals surface area contributed by atoms with Crippen LogP contribution in [0.4, 0.5) is 10.1 Å². The third kappa shape index (κ3) is 5.26. The summed E-state index contributed by atoms with van der Waals surface area (Å²) < 4.78 is 13.3. The number of carbonyl (C=O) groups is 2. The maximum atomic E-state index is 13.3. The molecule has 0 fully saturated rings. The smallest absolute Gasteiger partial charge is 0.232 e. The SMILES string of the molecule is Cc1ccc(-c2nc(C)sc2CC(=O)N(CCC(N)=O)c2ccc(F)cc2)cc1. The van der Waals surface area contributed by atoms with Crippen LogP contribution in [0.15, 0.2) is 48.5 Å². The number of nitrogens with zero attached hydrogens (tertiary/aromatic N) is 2. The van der Waals surface area contributed by atoms with Gasteiger partial charge in [-0.15, -0.1) is 11.3 Å². The lowest BCUT2D eigenvalue weighted by molar-refractivity contribution is -0.118. The van der Waals surface area contributed by atoms with Crippen LogP contribution in [0, 0.1) is 19.7 Å². The van der Waals surface area contributed by atoms with Gasteiger partial charge in [0.2, 0.25) is 11.8 Å². The van der Waals surface area contributed by atoms with E-state index in [4.69, 9.17) is 5.73 Å². The van der Waals surface area contributed by atoms with E-state index in [1.165, 1.54) is 40.5 Å². The summed E-state index contributed by atoms with van der Waals surface area (Å²) in [5.41, 5.74) is 8.67. The number of anilines is 1. The number of nitrogens with two attached hydrogens (primary N) is 1. The molecule has 0 unspecified atom stereocenters. The van der Waals surface area contributed by atoms with Gasteiger partial charge in [0.15, 0.2) is 0 Å². The number of amides is 2. The summed E-state index contributed by atoms with van der Waals surface area (Å²) in [5, 5.41) is 0.869. The van der Waals surface area contributed by atoms with Gasteiger partial charge in [0.25, 0.3) is 0 Å². The van der Waals surface area contributed by atoms with Crippen molar-refractivity contribution >= 4 is 28.8 Å². The van der Waals surface area contributed by atoms with Crippen molar-refractivity contribution in [2.24, 2.45) is 5.73 Å². The fourth-order valence-electron chi connectivity index (χ4n) is 3.00. The minimum Gasteiger partial charge on any atom is -0.370 e. The van der Waals surface area contributed by atoms with Crippen molar-refractivity contribution in [3.63, 3.8) is 0 Å². The van der Waals surface area contributed by atoms with Crippen molar-refractivity contribution in [2.75, 3.05) is 11.4 Å². The topological polar surface area (TPSA) is 76.3 Å². The number of primary amides is 1. The quantitative estimate of drug-likeness (QED) is 0.638. The van der Waals surface area contributed by atoms with E-state index in [9.17, 15) is 14.0 Å². The zero-order chi connectivity index (χ0) is 21.0. The first-order chi connectivity index (χ1) is 13.8. The number of aromatic nitrogens is 1. The van der Waals surface area contributed by atoms with E-state index in [2.05, 4.69) is 4.98 Å². The highest BCUT2D eigenvalue weighted by molar-refractivity contribution is 7.12. The molecule has 1 aromatic heterocycles. The second kappa shape index (κ2) is 8.96. The highest BCUT2D eigenvalue weighted by Gasteiger charge is 2.21. The van der Waals surface area contributed by atoms with E-state index in [0.717, 1.165) is 26.7 Å². The standard InChI is InChI=1S/C22H22FN3O2S/c1-14-3-5-16(6-4-14)22-19(29-15(2)25-22)13-21(28)26(12-11-20(24)27)18-9-7-17(23)8-10-18/h3-10H,11-13H2,1-2H3,(H2,24,27). The third-order valence-corrected chi connectivity index (χ3v) is 5.43. The molecule has 150 valence electrons. The maximum absolute atomic E-state index is 13.3. The molecule has 3 rings (SSSR count).